The monoisotopic (exact) mass is 465 g/mol. The van der Waals surface area contributed by atoms with E-state index in [9.17, 15) is 13.2 Å². The molecule has 140 valence electrons. The van der Waals surface area contributed by atoms with Gasteiger partial charge < -0.3 is 5.32 Å². The molecule has 0 bridgehead atoms. The number of pyridine rings is 1. The Morgan fingerprint density at radius 2 is 1.81 bits per heavy atom. The minimum atomic E-state index is -3.84. The van der Waals surface area contributed by atoms with Crippen molar-refractivity contribution in [3.05, 3.63) is 76.2 Å². The number of carbonyl (C=O) groups excluding carboxylic acids is 1. The molecule has 0 aliphatic carbocycles. The van der Waals surface area contributed by atoms with Gasteiger partial charge in [0.05, 0.1) is 3.79 Å². The molecule has 3 aromatic rings. The summed E-state index contributed by atoms with van der Waals surface area (Å²) in [5.74, 6) is -0.115. The summed E-state index contributed by atoms with van der Waals surface area (Å²) in [4.78, 5) is 16.8. The lowest BCUT2D eigenvalue weighted by Gasteiger charge is -2.18. The molecule has 1 aromatic carbocycles. The molecule has 1 amide bonds. The maximum atomic E-state index is 12.7. The van der Waals surface area contributed by atoms with E-state index in [2.05, 4.69) is 31.0 Å². The molecule has 0 spiro atoms. The van der Waals surface area contributed by atoms with E-state index in [0.29, 0.717) is 9.60 Å². The molecule has 1 atom stereocenters. The average Bonchev–Trinajstić information content (AvgIpc) is 3.10. The zero-order chi connectivity index (χ0) is 19.3. The topological polar surface area (TPSA) is 88.2 Å². The number of thiophene rings is 1. The van der Waals surface area contributed by atoms with Gasteiger partial charge in [-0.2, -0.15) is 4.72 Å². The van der Waals surface area contributed by atoms with Gasteiger partial charge in [-0.05, 0) is 52.2 Å². The number of benzene rings is 1. The molecule has 27 heavy (non-hydrogen) atoms. The quantitative estimate of drug-likeness (QED) is 0.559. The predicted octanol–water partition coefficient (Wildman–Crippen LogP) is 3.43. The predicted molar refractivity (Wildman–Crippen MR) is 109 cm³/mol. The van der Waals surface area contributed by atoms with Crippen LogP contribution >= 0.6 is 27.3 Å². The van der Waals surface area contributed by atoms with Crippen molar-refractivity contribution in [3.8, 4) is 0 Å². The highest BCUT2D eigenvalue weighted by Crippen LogP contribution is 2.26. The summed E-state index contributed by atoms with van der Waals surface area (Å²) in [5, 5.41) is 2.66. The number of hydrogen-bond acceptors (Lipinski definition) is 5. The molecule has 2 aromatic heterocycles. The Hall–Kier alpha value is -2.07. The standard InChI is InChI=1S/C18H16BrN3O3S2/c19-15-9-10-17(26-15)27(24,25)22-14(12-13-6-2-1-3-7-13)18(23)21-16-8-4-5-11-20-16/h1-11,14,22H,12H2,(H,20,21,23). The summed E-state index contributed by atoms with van der Waals surface area (Å²) in [6, 6.07) is 16.5. The number of anilines is 1. The van der Waals surface area contributed by atoms with E-state index < -0.39 is 22.0 Å². The van der Waals surface area contributed by atoms with E-state index in [1.807, 2.05) is 30.3 Å². The van der Waals surface area contributed by atoms with E-state index in [0.717, 1.165) is 16.9 Å². The molecule has 0 aliphatic heterocycles. The first kappa shape index (κ1) is 19.7. The van der Waals surface area contributed by atoms with Crippen LogP contribution in [0.15, 0.2) is 74.9 Å². The molecule has 0 fully saturated rings. The Bertz CT molecular complexity index is 1010. The van der Waals surface area contributed by atoms with E-state index in [1.54, 1.807) is 30.5 Å². The highest BCUT2D eigenvalue weighted by molar-refractivity contribution is 9.11. The van der Waals surface area contributed by atoms with Crippen LogP contribution in [0, 0.1) is 0 Å². The third-order valence-electron chi connectivity index (χ3n) is 3.63. The van der Waals surface area contributed by atoms with Crippen molar-refractivity contribution in [1.82, 2.24) is 9.71 Å². The summed E-state index contributed by atoms with van der Waals surface area (Å²) < 4.78 is 28.7. The zero-order valence-electron chi connectivity index (χ0n) is 14.0. The van der Waals surface area contributed by atoms with Crippen molar-refractivity contribution in [2.45, 2.75) is 16.7 Å². The fourth-order valence-electron chi connectivity index (χ4n) is 2.38. The van der Waals surface area contributed by atoms with Crippen LogP contribution in [0.5, 0.6) is 0 Å². The Balaban J connectivity index is 1.84. The second kappa shape index (κ2) is 8.75. The van der Waals surface area contributed by atoms with Gasteiger partial charge in [0.1, 0.15) is 16.1 Å². The average molecular weight is 466 g/mol. The number of nitrogens with zero attached hydrogens (tertiary/aromatic N) is 1. The van der Waals surface area contributed by atoms with Crippen LogP contribution in [-0.2, 0) is 21.2 Å². The molecule has 0 radical (unpaired) electrons. The number of rotatable bonds is 7. The highest BCUT2D eigenvalue weighted by atomic mass is 79.9. The van der Waals surface area contributed by atoms with Crippen LogP contribution in [0.3, 0.4) is 0 Å². The maximum absolute atomic E-state index is 12.7. The lowest BCUT2D eigenvalue weighted by atomic mass is 10.1. The van der Waals surface area contributed by atoms with E-state index >= 15 is 0 Å². The van der Waals surface area contributed by atoms with Crippen LogP contribution in [0.2, 0.25) is 0 Å². The van der Waals surface area contributed by atoms with Gasteiger partial charge in [-0.1, -0.05) is 36.4 Å². The maximum Gasteiger partial charge on any atom is 0.250 e. The van der Waals surface area contributed by atoms with Gasteiger partial charge in [0.15, 0.2) is 0 Å². The third kappa shape index (κ3) is 5.46. The number of aromatic nitrogens is 1. The number of halogens is 1. The minimum Gasteiger partial charge on any atom is -0.309 e. The number of carbonyl (C=O) groups is 1. The lowest BCUT2D eigenvalue weighted by Crippen LogP contribution is -2.45. The molecule has 0 saturated carbocycles. The molecule has 2 N–H and O–H groups in total. The molecule has 9 heteroatoms. The summed E-state index contributed by atoms with van der Waals surface area (Å²) in [6.07, 6.45) is 1.76. The van der Waals surface area contributed by atoms with Crippen molar-refractivity contribution in [2.75, 3.05) is 5.32 Å². The number of sulfonamides is 1. The van der Waals surface area contributed by atoms with Gasteiger partial charge in [-0.15, -0.1) is 11.3 Å². The molecule has 2 heterocycles. The van der Waals surface area contributed by atoms with Crippen molar-refractivity contribution in [2.24, 2.45) is 0 Å². The Morgan fingerprint density at radius 1 is 1.07 bits per heavy atom. The smallest absolute Gasteiger partial charge is 0.250 e. The highest BCUT2D eigenvalue weighted by Gasteiger charge is 2.27. The van der Waals surface area contributed by atoms with Gasteiger partial charge in [0.25, 0.3) is 10.0 Å². The number of hydrogen-bond donors (Lipinski definition) is 2. The summed E-state index contributed by atoms with van der Waals surface area (Å²) in [5.41, 5.74) is 0.841. The van der Waals surface area contributed by atoms with Crippen LogP contribution in [0.4, 0.5) is 5.82 Å². The molecule has 0 saturated heterocycles. The normalized spacial score (nSPS) is 12.5. The Labute approximate surface area is 169 Å². The second-order valence-electron chi connectivity index (χ2n) is 5.63. The molecular formula is C18H16BrN3O3S2. The van der Waals surface area contributed by atoms with Crippen molar-refractivity contribution < 1.29 is 13.2 Å². The van der Waals surface area contributed by atoms with Gasteiger partial charge >= 0.3 is 0 Å². The van der Waals surface area contributed by atoms with Gasteiger partial charge in [0.2, 0.25) is 5.91 Å². The lowest BCUT2D eigenvalue weighted by molar-refractivity contribution is -0.117. The van der Waals surface area contributed by atoms with E-state index in [4.69, 9.17) is 0 Å². The first-order valence-electron chi connectivity index (χ1n) is 7.97. The van der Waals surface area contributed by atoms with E-state index in [1.165, 1.54) is 6.07 Å². The van der Waals surface area contributed by atoms with Crippen LogP contribution < -0.4 is 10.0 Å². The largest absolute Gasteiger partial charge is 0.309 e. The number of amides is 1. The first-order valence-corrected chi connectivity index (χ1v) is 11.1. The van der Waals surface area contributed by atoms with Crippen LogP contribution in [0.25, 0.3) is 0 Å². The number of nitrogens with one attached hydrogen (secondary N) is 2. The molecule has 1 unspecified atom stereocenters. The Morgan fingerprint density at radius 3 is 2.44 bits per heavy atom. The Kier molecular flexibility index (Phi) is 6.38. The SMILES string of the molecule is O=C(Nc1ccccn1)C(Cc1ccccc1)NS(=O)(=O)c1ccc(Br)s1. The fourth-order valence-corrected chi connectivity index (χ4v) is 5.60. The van der Waals surface area contributed by atoms with Gasteiger partial charge in [-0.3, -0.25) is 4.79 Å². The van der Waals surface area contributed by atoms with E-state index in [-0.39, 0.29) is 10.6 Å². The minimum absolute atomic E-state index is 0.137. The van der Waals surface area contributed by atoms with Crippen LogP contribution in [0.1, 0.15) is 5.56 Å². The second-order valence-corrected chi connectivity index (χ2v) is 10.0. The van der Waals surface area contributed by atoms with Crippen molar-refractivity contribution in [3.63, 3.8) is 0 Å². The molecule has 0 aliphatic rings. The third-order valence-corrected chi connectivity index (χ3v) is 7.21. The van der Waals surface area contributed by atoms with Gasteiger partial charge in [-0.25, -0.2) is 13.4 Å². The van der Waals surface area contributed by atoms with Crippen molar-refractivity contribution >= 4 is 49.0 Å². The summed E-state index contributed by atoms with van der Waals surface area (Å²) >= 11 is 4.34. The molecular weight excluding hydrogens is 450 g/mol. The molecule has 6 nitrogen and oxygen atoms in total. The first-order chi connectivity index (χ1) is 12.9. The molecule has 3 rings (SSSR count). The summed E-state index contributed by atoms with van der Waals surface area (Å²) in [7, 11) is -3.84. The van der Waals surface area contributed by atoms with Gasteiger partial charge in [0, 0.05) is 6.20 Å². The fraction of sp³-hybridized carbons (Fsp3) is 0.111. The zero-order valence-corrected chi connectivity index (χ0v) is 17.2. The summed E-state index contributed by atoms with van der Waals surface area (Å²) in [6.45, 7) is 0. The van der Waals surface area contributed by atoms with Crippen LogP contribution in [-0.4, -0.2) is 25.4 Å². The van der Waals surface area contributed by atoms with Crippen molar-refractivity contribution in [1.29, 1.82) is 0 Å².